The fourth-order valence-electron chi connectivity index (χ4n) is 0.923. The predicted octanol–water partition coefficient (Wildman–Crippen LogP) is -1.39. The summed E-state index contributed by atoms with van der Waals surface area (Å²) in [5.41, 5.74) is -0.837. The van der Waals surface area contributed by atoms with E-state index in [2.05, 4.69) is 10.6 Å². The van der Waals surface area contributed by atoms with Crippen LogP contribution >= 0.6 is 0 Å². The first-order valence-electron chi connectivity index (χ1n) is 5.13. The molecular formula is C10H20N2O5. The van der Waals surface area contributed by atoms with Crippen molar-refractivity contribution in [2.45, 2.75) is 25.7 Å². The van der Waals surface area contributed by atoms with Gasteiger partial charge in [0, 0.05) is 14.2 Å². The molecule has 0 aromatic heterocycles. The average molecular weight is 248 g/mol. The number of methoxy groups -OCH3 is 2. The standard InChI is InChI=1S/C10H20N2O5/c1-10(2,6-13)12-9(15)8(14)11-5-7(16-3)17-4/h7,13H,5-6H2,1-4H3,(H,11,14)(H,12,15). The van der Waals surface area contributed by atoms with Crippen LogP contribution in [0.4, 0.5) is 0 Å². The number of ether oxygens (including phenoxy) is 2. The van der Waals surface area contributed by atoms with E-state index in [0.717, 1.165) is 0 Å². The van der Waals surface area contributed by atoms with Gasteiger partial charge in [-0.05, 0) is 13.8 Å². The summed E-state index contributed by atoms with van der Waals surface area (Å²) in [7, 11) is 2.85. The van der Waals surface area contributed by atoms with Crippen molar-refractivity contribution in [3.8, 4) is 0 Å². The number of hydrogen-bond donors (Lipinski definition) is 3. The highest BCUT2D eigenvalue weighted by Gasteiger charge is 2.23. The van der Waals surface area contributed by atoms with Gasteiger partial charge in [-0.2, -0.15) is 0 Å². The number of aliphatic hydroxyl groups is 1. The molecule has 0 spiro atoms. The van der Waals surface area contributed by atoms with Crippen LogP contribution in [-0.4, -0.2) is 56.1 Å². The zero-order valence-corrected chi connectivity index (χ0v) is 10.6. The first-order chi connectivity index (χ1) is 7.86. The molecule has 0 atom stereocenters. The Morgan fingerprint density at radius 2 is 1.76 bits per heavy atom. The van der Waals surface area contributed by atoms with Crippen LogP contribution in [-0.2, 0) is 19.1 Å². The molecular weight excluding hydrogens is 228 g/mol. The molecule has 0 saturated carbocycles. The Bertz CT molecular complexity index is 263. The largest absolute Gasteiger partial charge is 0.394 e. The molecule has 0 bridgehead atoms. The van der Waals surface area contributed by atoms with Crippen LogP contribution in [0.3, 0.4) is 0 Å². The highest BCUT2D eigenvalue weighted by atomic mass is 16.7. The predicted molar refractivity (Wildman–Crippen MR) is 60.1 cm³/mol. The number of nitrogens with one attached hydrogen (secondary N) is 2. The molecule has 0 saturated heterocycles. The summed E-state index contributed by atoms with van der Waals surface area (Å²) in [5, 5.41) is 13.7. The maximum atomic E-state index is 11.4. The van der Waals surface area contributed by atoms with Gasteiger partial charge in [-0.25, -0.2) is 0 Å². The molecule has 0 radical (unpaired) electrons. The van der Waals surface area contributed by atoms with Crippen molar-refractivity contribution in [1.29, 1.82) is 0 Å². The lowest BCUT2D eigenvalue weighted by molar-refractivity contribution is -0.142. The van der Waals surface area contributed by atoms with Gasteiger partial charge in [0.25, 0.3) is 0 Å². The lowest BCUT2D eigenvalue weighted by Gasteiger charge is -2.23. The Balaban J connectivity index is 4.11. The summed E-state index contributed by atoms with van der Waals surface area (Å²) in [6, 6.07) is 0. The molecule has 7 heteroatoms. The minimum atomic E-state index is -0.837. The summed E-state index contributed by atoms with van der Waals surface area (Å²) in [6.07, 6.45) is -0.599. The Hall–Kier alpha value is -1.18. The van der Waals surface area contributed by atoms with Crippen molar-refractivity contribution in [3.05, 3.63) is 0 Å². The van der Waals surface area contributed by atoms with E-state index in [1.165, 1.54) is 14.2 Å². The second-order valence-corrected chi connectivity index (χ2v) is 4.11. The second-order valence-electron chi connectivity index (χ2n) is 4.11. The number of aliphatic hydroxyl groups excluding tert-OH is 1. The van der Waals surface area contributed by atoms with Crippen LogP contribution in [0.5, 0.6) is 0 Å². The summed E-state index contributed by atoms with van der Waals surface area (Å²) in [4.78, 5) is 22.7. The van der Waals surface area contributed by atoms with Gasteiger partial charge in [-0.3, -0.25) is 9.59 Å². The molecule has 0 aliphatic heterocycles. The minimum Gasteiger partial charge on any atom is -0.394 e. The molecule has 17 heavy (non-hydrogen) atoms. The van der Waals surface area contributed by atoms with Crippen LogP contribution in [0.2, 0.25) is 0 Å². The fourth-order valence-corrected chi connectivity index (χ4v) is 0.923. The number of rotatable bonds is 6. The topological polar surface area (TPSA) is 96.9 Å². The molecule has 0 aromatic rings. The monoisotopic (exact) mass is 248 g/mol. The quantitative estimate of drug-likeness (QED) is 0.397. The van der Waals surface area contributed by atoms with E-state index in [-0.39, 0.29) is 13.2 Å². The van der Waals surface area contributed by atoms with Crippen LogP contribution in [0.25, 0.3) is 0 Å². The number of amides is 2. The van der Waals surface area contributed by atoms with E-state index in [0.29, 0.717) is 0 Å². The van der Waals surface area contributed by atoms with Gasteiger partial charge in [0.1, 0.15) is 0 Å². The van der Waals surface area contributed by atoms with Gasteiger partial charge < -0.3 is 25.2 Å². The molecule has 0 unspecified atom stereocenters. The summed E-state index contributed by atoms with van der Waals surface area (Å²) < 4.78 is 9.69. The van der Waals surface area contributed by atoms with Crippen LogP contribution in [0.15, 0.2) is 0 Å². The van der Waals surface area contributed by atoms with Crippen molar-refractivity contribution >= 4 is 11.8 Å². The van der Waals surface area contributed by atoms with Gasteiger partial charge in [-0.1, -0.05) is 0 Å². The summed E-state index contributed by atoms with van der Waals surface area (Å²) in [5.74, 6) is -1.61. The van der Waals surface area contributed by atoms with Crippen molar-refractivity contribution < 1.29 is 24.2 Å². The third kappa shape index (κ3) is 6.20. The molecule has 7 nitrogen and oxygen atoms in total. The van der Waals surface area contributed by atoms with Crippen molar-refractivity contribution in [3.63, 3.8) is 0 Å². The SMILES string of the molecule is COC(CNC(=O)C(=O)NC(C)(C)CO)OC. The van der Waals surface area contributed by atoms with Gasteiger partial charge in [0.2, 0.25) is 0 Å². The molecule has 0 fully saturated rings. The third-order valence-corrected chi connectivity index (χ3v) is 2.01. The van der Waals surface area contributed by atoms with E-state index in [9.17, 15) is 9.59 Å². The molecule has 100 valence electrons. The lowest BCUT2D eigenvalue weighted by atomic mass is 10.1. The summed E-state index contributed by atoms with van der Waals surface area (Å²) in [6.45, 7) is 3.01. The van der Waals surface area contributed by atoms with Gasteiger partial charge in [0.15, 0.2) is 6.29 Å². The molecule has 0 aromatic carbocycles. The van der Waals surface area contributed by atoms with Crippen molar-refractivity contribution in [2.75, 3.05) is 27.4 Å². The van der Waals surface area contributed by atoms with Crippen LogP contribution < -0.4 is 10.6 Å². The molecule has 3 N–H and O–H groups in total. The first-order valence-corrected chi connectivity index (χ1v) is 5.13. The molecule has 2 amide bonds. The fraction of sp³-hybridized carbons (Fsp3) is 0.800. The van der Waals surface area contributed by atoms with Gasteiger partial charge >= 0.3 is 11.8 Å². The number of carbonyl (C=O) groups excluding carboxylic acids is 2. The van der Waals surface area contributed by atoms with Crippen LogP contribution in [0, 0.1) is 0 Å². The van der Waals surface area contributed by atoms with Gasteiger partial charge in [0.05, 0.1) is 18.7 Å². The minimum absolute atomic E-state index is 0.0683. The molecule has 0 aliphatic rings. The van der Waals surface area contributed by atoms with E-state index in [4.69, 9.17) is 14.6 Å². The van der Waals surface area contributed by atoms with E-state index >= 15 is 0 Å². The highest BCUT2D eigenvalue weighted by molar-refractivity contribution is 6.35. The normalized spacial score (nSPS) is 11.4. The lowest BCUT2D eigenvalue weighted by Crippen LogP contribution is -2.52. The Morgan fingerprint density at radius 1 is 1.24 bits per heavy atom. The maximum absolute atomic E-state index is 11.4. The Morgan fingerprint density at radius 3 is 2.18 bits per heavy atom. The Labute approximate surface area is 100 Å². The molecule has 0 heterocycles. The van der Waals surface area contributed by atoms with E-state index < -0.39 is 23.6 Å². The van der Waals surface area contributed by atoms with E-state index in [1.54, 1.807) is 13.8 Å². The number of hydrogen-bond acceptors (Lipinski definition) is 5. The van der Waals surface area contributed by atoms with E-state index in [1.807, 2.05) is 0 Å². The zero-order chi connectivity index (χ0) is 13.5. The average Bonchev–Trinajstić information content (AvgIpc) is 2.29. The maximum Gasteiger partial charge on any atom is 0.309 e. The van der Waals surface area contributed by atoms with Crippen molar-refractivity contribution in [2.24, 2.45) is 0 Å². The summed E-state index contributed by atoms with van der Waals surface area (Å²) >= 11 is 0. The van der Waals surface area contributed by atoms with Gasteiger partial charge in [-0.15, -0.1) is 0 Å². The first kappa shape index (κ1) is 15.8. The highest BCUT2D eigenvalue weighted by Crippen LogP contribution is 1.98. The van der Waals surface area contributed by atoms with Crippen molar-refractivity contribution in [1.82, 2.24) is 10.6 Å². The zero-order valence-electron chi connectivity index (χ0n) is 10.6. The number of carbonyl (C=O) groups is 2. The second kappa shape index (κ2) is 7.21. The molecule has 0 aliphatic carbocycles. The van der Waals surface area contributed by atoms with Crippen LogP contribution in [0.1, 0.15) is 13.8 Å². The Kier molecular flexibility index (Phi) is 6.71. The third-order valence-electron chi connectivity index (χ3n) is 2.01. The molecule has 0 rings (SSSR count). The smallest absolute Gasteiger partial charge is 0.309 e.